The standard InChI is InChI=1S/C14H23N3O2/c1-4-10(5-2)9-17-13(11-7-8-11)12(15-16-17)14(18)19-6-3/h10-11H,4-9H2,1-3H3. The minimum Gasteiger partial charge on any atom is -0.461 e. The highest BCUT2D eigenvalue weighted by molar-refractivity contribution is 5.88. The monoisotopic (exact) mass is 265 g/mol. The van der Waals surface area contributed by atoms with Crippen LogP contribution in [0, 0.1) is 5.92 Å². The number of nitrogens with zero attached hydrogens (tertiary/aromatic N) is 3. The summed E-state index contributed by atoms with van der Waals surface area (Å²) in [7, 11) is 0. The highest BCUT2D eigenvalue weighted by atomic mass is 16.5. The van der Waals surface area contributed by atoms with E-state index in [9.17, 15) is 4.79 Å². The van der Waals surface area contributed by atoms with Gasteiger partial charge in [-0.1, -0.05) is 31.9 Å². The molecule has 0 unspecified atom stereocenters. The molecule has 0 spiro atoms. The molecule has 19 heavy (non-hydrogen) atoms. The Morgan fingerprint density at radius 3 is 2.58 bits per heavy atom. The number of ether oxygens (including phenoxy) is 1. The number of carbonyl (C=O) groups excluding carboxylic acids is 1. The lowest BCUT2D eigenvalue weighted by Gasteiger charge is -2.14. The van der Waals surface area contributed by atoms with E-state index in [4.69, 9.17) is 4.74 Å². The summed E-state index contributed by atoms with van der Waals surface area (Å²) in [6, 6.07) is 0. The van der Waals surface area contributed by atoms with Gasteiger partial charge in [-0.3, -0.25) is 0 Å². The van der Waals surface area contributed by atoms with Gasteiger partial charge in [0.2, 0.25) is 0 Å². The molecule has 0 aromatic carbocycles. The molecule has 0 radical (unpaired) electrons. The highest BCUT2D eigenvalue weighted by Crippen LogP contribution is 2.41. The van der Waals surface area contributed by atoms with Gasteiger partial charge in [-0.15, -0.1) is 5.10 Å². The average molecular weight is 265 g/mol. The fourth-order valence-electron chi connectivity index (χ4n) is 2.35. The van der Waals surface area contributed by atoms with Crippen molar-refractivity contribution in [1.29, 1.82) is 0 Å². The lowest BCUT2D eigenvalue weighted by Crippen LogP contribution is -2.14. The SMILES string of the molecule is CCOC(=O)c1nnn(CC(CC)CC)c1C1CC1. The summed E-state index contributed by atoms with van der Waals surface area (Å²) < 4.78 is 6.99. The maximum atomic E-state index is 11.9. The van der Waals surface area contributed by atoms with Crippen molar-refractivity contribution in [3.63, 3.8) is 0 Å². The van der Waals surface area contributed by atoms with E-state index in [1.807, 2.05) is 11.6 Å². The van der Waals surface area contributed by atoms with Crippen LogP contribution in [0.3, 0.4) is 0 Å². The molecule has 2 rings (SSSR count). The van der Waals surface area contributed by atoms with Crippen LogP contribution in [0.15, 0.2) is 0 Å². The van der Waals surface area contributed by atoms with Gasteiger partial charge in [0, 0.05) is 12.5 Å². The molecule has 0 N–H and O–H groups in total. The molecular formula is C14H23N3O2. The Bertz CT molecular complexity index is 434. The topological polar surface area (TPSA) is 57.0 Å². The Balaban J connectivity index is 2.22. The van der Waals surface area contributed by atoms with E-state index in [0.717, 1.165) is 37.9 Å². The van der Waals surface area contributed by atoms with Crippen molar-refractivity contribution in [3.8, 4) is 0 Å². The molecule has 5 heteroatoms. The Kier molecular flexibility index (Phi) is 4.56. The third kappa shape index (κ3) is 3.14. The zero-order valence-electron chi connectivity index (χ0n) is 12.1. The fraction of sp³-hybridized carbons (Fsp3) is 0.786. The van der Waals surface area contributed by atoms with E-state index in [1.165, 1.54) is 0 Å². The smallest absolute Gasteiger partial charge is 0.360 e. The van der Waals surface area contributed by atoms with Crippen LogP contribution in [-0.4, -0.2) is 27.6 Å². The second kappa shape index (κ2) is 6.17. The van der Waals surface area contributed by atoms with E-state index < -0.39 is 0 Å². The molecule has 0 saturated heterocycles. The average Bonchev–Trinajstić information content (AvgIpc) is 3.16. The second-order valence-electron chi connectivity index (χ2n) is 5.18. The van der Waals surface area contributed by atoms with Gasteiger partial charge >= 0.3 is 5.97 Å². The molecule has 0 atom stereocenters. The molecule has 1 aromatic heterocycles. The van der Waals surface area contributed by atoms with Crippen LogP contribution in [-0.2, 0) is 11.3 Å². The Morgan fingerprint density at radius 2 is 2.05 bits per heavy atom. The number of hydrogen-bond acceptors (Lipinski definition) is 4. The zero-order valence-corrected chi connectivity index (χ0v) is 12.1. The first kappa shape index (κ1) is 14.0. The van der Waals surface area contributed by atoms with Crippen molar-refractivity contribution in [2.75, 3.05) is 6.61 Å². The van der Waals surface area contributed by atoms with Gasteiger partial charge in [-0.05, 0) is 25.7 Å². The Morgan fingerprint density at radius 1 is 1.37 bits per heavy atom. The van der Waals surface area contributed by atoms with Crippen LogP contribution < -0.4 is 0 Å². The van der Waals surface area contributed by atoms with Gasteiger partial charge in [0.15, 0.2) is 5.69 Å². The minimum absolute atomic E-state index is 0.333. The summed E-state index contributed by atoms with van der Waals surface area (Å²) in [6.07, 6.45) is 4.50. The van der Waals surface area contributed by atoms with Crippen molar-refractivity contribution in [2.24, 2.45) is 5.92 Å². The number of esters is 1. The minimum atomic E-state index is -0.333. The zero-order chi connectivity index (χ0) is 13.8. The van der Waals surface area contributed by atoms with Crippen LogP contribution in [0.25, 0.3) is 0 Å². The molecule has 0 aliphatic heterocycles. The molecule has 0 bridgehead atoms. The predicted octanol–water partition coefficient (Wildman–Crippen LogP) is 2.77. The molecular weight excluding hydrogens is 242 g/mol. The van der Waals surface area contributed by atoms with Gasteiger partial charge in [0.25, 0.3) is 0 Å². The normalized spacial score (nSPS) is 14.9. The van der Waals surface area contributed by atoms with Crippen molar-refractivity contribution in [2.45, 2.75) is 58.9 Å². The molecule has 1 heterocycles. The van der Waals surface area contributed by atoms with Crippen LogP contribution >= 0.6 is 0 Å². The summed E-state index contributed by atoms with van der Waals surface area (Å²) in [5, 5.41) is 8.24. The van der Waals surface area contributed by atoms with Gasteiger partial charge in [0.1, 0.15) is 0 Å². The van der Waals surface area contributed by atoms with Crippen molar-refractivity contribution in [3.05, 3.63) is 11.4 Å². The summed E-state index contributed by atoms with van der Waals surface area (Å²) in [4.78, 5) is 11.9. The third-order valence-corrected chi connectivity index (χ3v) is 3.79. The molecule has 106 valence electrons. The number of carbonyl (C=O) groups is 1. The number of rotatable bonds is 7. The largest absolute Gasteiger partial charge is 0.461 e. The second-order valence-corrected chi connectivity index (χ2v) is 5.18. The van der Waals surface area contributed by atoms with E-state index in [1.54, 1.807) is 0 Å². The third-order valence-electron chi connectivity index (χ3n) is 3.79. The Labute approximate surface area is 114 Å². The predicted molar refractivity (Wildman–Crippen MR) is 72.0 cm³/mol. The van der Waals surface area contributed by atoms with Crippen LogP contribution in [0.1, 0.15) is 68.6 Å². The van der Waals surface area contributed by atoms with Crippen LogP contribution in [0.2, 0.25) is 0 Å². The first-order chi connectivity index (χ1) is 9.21. The lowest BCUT2D eigenvalue weighted by atomic mass is 10.0. The van der Waals surface area contributed by atoms with Crippen LogP contribution in [0.5, 0.6) is 0 Å². The van der Waals surface area contributed by atoms with E-state index >= 15 is 0 Å². The van der Waals surface area contributed by atoms with Gasteiger partial charge < -0.3 is 4.74 Å². The molecule has 5 nitrogen and oxygen atoms in total. The van der Waals surface area contributed by atoms with Gasteiger partial charge in [-0.25, -0.2) is 9.48 Å². The first-order valence-corrected chi connectivity index (χ1v) is 7.31. The molecule has 1 saturated carbocycles. The molecule has 1 aliphatic rings. The quantitative estimate of drug-likeness (QED) is 0.711. The van der Waals surface area contributed by atoms with Crippen molar-refractivity contribution >= 4 is 5.97 Å². The van der Waals surface area contributed by atoms with E-state index in [0.29, 0.717) is 24.1 Å². The first-order valence-electron chi connectivity index (χ1n) is 7.31. The van der Waals surface area contributed by atoms with Crippen molar-refractivity contribution < 1.29 is 9.53 Å². The Hall–Kier alpha value is -1.39. The van der Waals surface area contributed by atoms with Gasteiger partial charge in [-0.2, -0.15) is 0 Å². The molecule has 1 aromatic rings. The number of aromatic nitrogens is 3. The van der Waals surface area contributed by atoms with E-state index in [-0.39, 0.29) is 5.97 Å². The van der Waals surface area contributed by atoms with Gasteiger partial charge in [0.05, 0.1) is 12.3 Å². The van der Waals surface area contributed by atoms with E-state index in [2.05, 4.69) is 24.2 Å². The lowest BCUT2D eigenvalue weighted by molar-refractivity contribution is 0.0518. The summed E-state index contributed by atoms with van der Waals surface area (Å²) in [5.74, 6) is 0.707. The summed E-state index contributed by atoms with van der Waals surface area (Å²) >= 11 is 0. The molecule has 1 fully saturated rings. The maximum absolute atomic E-state index is 11.9. The molecule has 0 amide bonds. The summed E-state index contributed by atoms with van der Waals surface area (Å²) in [6.45, 7) is 7.42. The highest BCUT2D eigenvalue weighted by Gasteiger charge is 2.34. The van der Waals surface area contributed by atoms with Crippen LogP contribution in [0.4, 0.5) is 0 Å². The number of hydrogen-bond donors (Lipinski definition) is 0. The van der Waals surface area contributed by atoms with Crippen molar-refractivity contribution in [1.82, 2.24) is 15.0 Å². The molecule has 1 aliphatic carbocycles. The summed E-state index contributed by atoms with van der Waals surface area (Å²) in [5.41, 5.74) is 1.42. The fourth-order valence-corrected chi connectivity index (χ4v) is 2.35. The maximum Gasteiger partial charge on any atom is 0.360 e.